The maximum atomic E-state index is 12.3. The van der Waals surface area contributed by atoms with Crippen LogP contribution in [0.1, 0.15) is 26.5 Å². The number of amides is 2. The number of rotatable bonds is 5. The summed E-state index contributed by atoms with van der Waals surface area (Å²) in [5.74, 6) is 0.938. The zero-order chi connectivity index (χ0) is 16.3. The Hall–Kier alpha value is -2.15. The number of carbonyl (C=O) groups excluding carboxylic acids is 2. The number of aryl methyl sites for hydroxylation is 1. The Morgan fingerprint density at radius 2 is 2.05 bits per heavy atom. The van der Waals surface area contributed by atoms with E-state index in [9.17, 15) is 9.59 Å². The van der Waals surface area contributed by atoms with Gasteiger partial charge in [-0.1, -0.05) is 13.8 Å². The summed E-state index contributed by atoms with van der Waals surface area (Å²) in [7, 11) is 0. The zero-order valence-corrected chi connectivity index (χ0v) is 13.8. The van der Waals surface area contributed by atoms with Gasteiger partial charge in [-0.25, -0.2) is 4.98 Å². The molecular formula is C15H19N3O3S. The summed E-state index contributed by atoms with van der Waals surface area (Å²) >= 11 is 1.31. The van der Waals surface area contributed by atoms with Gasteiger partial charge in [0.15, 0.2) is 10.9 Å². The average Bonchev–Trinajstić information content (AvgIpc) is 3.04. The number of hydrogen-bond acceptors (Lipinski definition) is 5. The maximum Gasteiger partial charge on any atom is 0.248 e. The number of nitrogens with zero attached hydrogens (tertiary/aromatic N) is 1. The molecule has 0 aliphatic heterocycles. The number of thiazole rings is 1. The summed E-state index contributed by atoms with van der Waals surface area (Å²) in [6.45, 7) is 7.00. The van der Waals surface area contributed by atoms with E-state index in [0.717, 1.165) is 5.76 Å². The summed E-state index contributed by atoms with van der Waals surface area (Å²) < 4.78 is 5.50. The number of anilines is 1. The number of furan rings is 1. The second-order valence-corrected chi connectivity index (χ2v) is 6.22. The Kier molecular flexibility index (Phi) is 4.97. The Morgan fingerprint density at radius 1 is 1.32 bits per heavy atom. The highest BCUT2D eigenvalue weighted by Gasteiger charge is 2.24. The molecule has 0 bridgehead atoms. The quantitative estimate of drug-likeness (QED) is 0.887. The lowest BCUT2D eigenvalue weighted by Crippen LogP contribution is -2.46. The Bertz CT molecular complexity index is 675. The van der Waals surface area contributed by atoms with Crippen LogP contribution < -0.4 is 10.6 Å². The minimum Gasteiger partial charge on any atom is -0.460 e. The Labute approximate surface area is 132 Å². The van der Waals surface area contributed by atoms with Crippen molar-refractivity contribution in [3.63, 3.8) is 0 Å². The van der Waals surface area contributed by atoms with Crippen molar-refractivity contribution < 1.29 is 14.0 Å². The topological polar surface area (TPSA) is 84.2 Å². The van der Waals surface area contributed by atoms with Crippen LogP contribution in [-0.2, 0) is 9.59 Å². The van der Waals surface area contributed by atoms with Crippen molar-refractivity contribution >= 4 is 28.3 Å². The van der Waals surface area contributed by atoms with Gasteiger partial charge in [-0.2, -0.15) is 0 Å². The SMILES string of the molecule is CC(=O)NC(C(=O)Nc1nc(-c2ccc(C)o2)cs1)C(C)C. The molecular weight excluding hydrogens is 302 g/mol. The third-order valence-corrected chi connectivity index (χ3v) is 3.79. The van der Waals surface area contributed by atoms with Gasteiger partial charge in [0, 0.05) is 12.3 Å². The molecule has 2 amide bonds. The predicted octanol–water partition coefficient (Wildman–Crippen LogP) is 2.81. The minimum absolute atomic E-state index is 0.0175. The first-order valence-electron chi connectivity index (χ1n) is 6.97. The van der Waals surface area contributed by atoms with Crippen molar-refractivity contribution in [2.45, 2.75) is 33.7 Å². The molecule has 1 atom stereocenters. The maximum absolute atomic E-state index is 12.3. The van der Waals surface area contributed by atoms with Crippen LogP contribution in [0.3, 0.4) is 0 Å². The molecule has 2 heterocycles. The van der Waals surface area contributed by atoms with Crippen LogP contribution in [0, 0.1) is 12.8 Å². The van der Waals surface area contributed by atoms with Crippen LogP contribution in [0.2, 0.25) is 0 Å². The molecule has 0 aliphatic rings. The molecule has 2 aromatic rings. The van der Waals surface area contributed by atoms with Gasteiger partial charge in [-0.05, 0) is 25.0 Å². The average molecular weight is 321 g/mol. The number of hydrogen-bond donors (Lipinski definition) is 2. The van der Waals surface area contributed by atoms with Crippen LogP contribution in [-0.4, -0.2) is 22.8 Å². The first-order chi connectivity index (χ1) is 10.4. The van der Waals surface area contributed by atoms with Crippen molar-refractivity contribution in [2.24, 2.45) is 5.92 Å². The van der Waals surface area contributed by atoms with Gasteiger partial charge in [0.1, 0.15) is 17.5 Å². The largest absolute Gasteiger partial charge is 0.460 e. The summed E-state index contributed by atoms with van der Waals surface area (Å²) in [6.07, 6.45) is 0. The lowest BCUT2D eigenvalue weighted by Gasteiger charge is -2.20. The summed E-state index contributed by atoms with van der Waals surface area (Å²) in [4.78, 5) is 27.8. The van der Waals surface area contributed by atoms with Crippen molar-refractivity contribution in [3.8, 4) is 11.5 Å². The second-order valence-electron chi connectivity index (χ2n) is 5.36. The molecule has 0 radical (unpaired) electrons. The van der Waals surface area contributed by atoms with Gasteiger partial charge in [0.25, 0.3) is 0 Å². The highest BCUT2D eigenvalue weighted by atomic mass is 32.1. The van der Waals surface area contributed by atoms with E-state index in [0.29, 0.717) is 16.6 Å². The van der Waals surface area contributed by atoms with Gasteiger partial charge in [-0.3, -0.25) is 9.59 Å². The third kappa shape index (κ3) is 3.94. The van der Waals surface area contributed by atoms with Gasteiger partial charge >= 0.3 is 0 Å². The van der Waals surface area contributed by atoms with Crippen molar-refractivity contribution in [1.82, 2.24) is 10.3 Å². The van der Waals surface area contributed by atoms with Crippen molar-refractivity contribution in [3.05, 3.63) is 23.3 Å². The van der Waals surface area contributed by atoms with E-state index in [1.807, 2.05) is 38.3 Å². The number of carbonyl (C=O) groups is 2. The van der Waals surface area contributed by atoms with Crippen LogP contribution in [0.25, 0.3) is 11.5 Å². The molecule has 0 saturated carbocycles. The highest BCUT2D eigenvalue weighted by Crippen LogP contribution is 2.26. The molecule has 0 aromatic carbocycles. The molecule has 0 saturated heterocycles. The smallest absolute Gasteiger partial charge is 0.248 e. The van der Waals surface area contributed by atoms with Crippen LogP contribution in [0.4, 0.5) is 5.13 Å². The fourth-order valence-corrected chi connectivity index (χ4v) is 2.66. The van der Waals surface area contributed by atoms with Crippen LogP contribution in [0.5, 0.6) is 0 Å². The monoisotopic (exact) mass is 321 g/mol. The Morgan fingerprint density at radius 3 is 2.59 bits per heavy atom. The molecule has 2 N–H and O–H groups in total. The van der Waals surface area contributed by atoms with Crippen LogP contribution in [0.15, 0.2) is 21.9 Å². The van der Waals surface area contributed by atoms with Gasteiger partial charge in [-0.15, -0.1) is 11.3 Å². The van der Waals surface area contributed by atoms with E-state index in [-0.39, 0.29) is 17.7 Å². The first-order valence-corrected chi connectivity index (χ1v) is 7.85. The van der Waals surface area contributed by atoms with E-state index in [1.165, 1.54) is 18.3 Å². The standard InChI is InChI=1S/C15H19N3O3S/c1-8(2)13(16-10(4)19)14(20)18-15-17-11(7-22-15)12-6-5-9(3)21-12/h5-8,13H,1-4H3,(H,16,19)(H,17,18,20). The lowest BCUT2D eigenvalue weighted by molar-refractivity contribution is -0.126. The predicted molar refractivity (Wildman–Crippen MR) is 85.6 cm³/mol. The van der Waals surface area contributed by atoms with E-state index in [1.54, 1.807) is 0 Å². The summed E-state index contributed by atoms with van der Waals surface area (Å²) in [5.41, 5.74) is 0.675. The molecule has 1 unspecified atom stereocenters. The van der Waals surface area contributed by atoms with Gasteiger partial charge in [0.2, 0.25) is 11.8 Å². The second kappa shape index (κ2) is 6.74. The van der Waals surface area contributed by atoms with Gasteiger partial charge in [0.05, 0.1) is 0 Å². The minimum atomic E-state index is -0.587. The van der Waals surface area contributed by atoms with Crippen molar-refractivity contribution in [1.29, 1.82) is 0 Å². The van der Waals surface area contributed by atoms with Gasteiger partial charge < -0.3 is 15.1 Å². The molecule has 0 fully saturated rings. The normalized spacial score (nSPS) is 12.2. The van der Waals surface area contributed by atoms with E-state index in [4.69, 9.17) is 4.42 Å². The molecule has 2 aromatic heterocycles. The number of nitrogens with one attached hydrogen (secondary N) is 2. The first kappa shape index (κ1) is 16.2. The molecule has 7 heteroatoms. The lowest BCUT2D eigenvalue weighted by atomic mass is 10.0. The molecule has 6 nitrogen and oxygen atoms in total. The van der Waals surface area contributed by atoms with E-state index in [2.05, 4.69) is 15.6 Å². The fourth-order valence-electron chi connectivity index (χ4n) is 1.95. The molecule has 118 valence electrons. The van der Waals surface area contributed by atoms with E-state index < -0.39 is 6.04 Å². The molecule has 0 spiro atoms. The summed E-state index contributed by atoms with van der Waals surface area (Å²) in [6, 6.07) is 3.11. The molecule has 0 aliphatic carbocycles. The molecule has 2 rings (SSSR count). The highest BCUT2D eigenvalue weighted by molar-refractivity contribution is 7.14. The molecule has 22 heavy (non-hydrogen) atoms. The van der Waals surface area contributed by atoms with E-state index >= 15 is 0 Å². The third-order valence-electron chi connectivity index (χ3n) is 3.04. The Balaban J connectivity index is 2.08. The number of aromatic nitrogens is 1. The van der Waals surface area contributed by atoms with Crippen molar-refractivity contribution in [2.75, 3.05) is 5.32 Å². The summed E-state index contributed by atoms with van der Waals surface area (Å²) in [5, 5.41) is 7.68. The fraction of sp³-hybridized carbons (Fsp3) is 0.400. The van der Waals surface area contributed by atoms with Crippen LogP contribution >= 0.6 is 11.3 Å². The zero-order valence-electron chi connectivity index (χ0n) is 13.0.